The van der Waals surface area contributed by atoms with Crippen LogP contribution in [0.25, 0.3) is 0 Å². The van der Waals surface area contributed by atoms with Gasteiger partial charge < -0.3 is 16.0 Å². The molecule has 4 nitrogen and oxygen atoms in total. The van der Waals surface area contributed by atoms with Crippen molar-refractivity contribution in [1.82, 2.24) is 4.90 Å². The monoisotopic (exact) mass is 315 g/mol. The fraction of sp³-hybridized carbons (Fsp3) is 0.500. The minimum atomic E-state index is -0.0506. The van der Waals surface area contributed by atoms with Gasteiger partial charge in [-0.15, -0.1) is 0 Å². The minimum Gasteiger partial charge on any atom is -0.330 e. The molecule has 2 rings (SSSR count). The number of rotatable bonds is 5. The van der Waals surface area contributed by atoms with Gasteiger partial charge in [-0.05, 0) is 43.6 Å². The highest BCUT2D eigenvalue weighted by molar-refractivity contribution is 6.35. The molecule has 20 heavy (non-hydrogen) atoms. The average molecular weight is 316 g/mol. The fourth-order valence-electron chi connectivity index (χ4n) is 2.37. The molecule has 0 bridgehead atoms. The summed E-state index contributed by atoms with van der Waals surface area (Å²) in [7, 11) is 0. The first-order valence-electron chi connectivity index (χ1n) is 6.76. The van der Waals surface area contributed by atoms with Gasteiger partial charge in [-0.2, -0.15) is 0 Å². The van der Waals surface area contributed by atoms with Crippen LogP contribution in [0, 0.1) is 5.92 Å². The Morgan fingerprint density at radius 3 is 2.95 bits per heavy atom. The summed E-state index contributed by atoms with van der Waals surface area (Å²) in [6.45, 7) is 3.48. The van der Waals surface area contributed by atoms with E-state index in [1.807, 2.05) is 0 Å². The van der Waals surface area contributed by atoms with Gasteiger partial charge in [0, 0.05) is 24.5 Å². The molecule has 1 aliphatic rings. The molecule has 0 aromatic heterocycles. The SMILES string of the molecule is NCC1CCN(CCC(=O)Nc2cc(Cl)ccc2Cl)C1. The van der Waals surface area contributed by atoms with Gasteiger partial charge in [0.15, 0.2) is 0 Å². The summed E-state index contributed by atoms with van der Waals surface area (Å²) in [5, 5.41) is 3.84. The van der Waals surface area contributed by atoms with Gasteiger partial charge in [-0.1, -0.05) is 23.2 Å². The Morgan fingerprint density at radius 1 is 1.45 bits per heavy atom. The molecular weight excluding hydrogens is 297 g/mol. The lowest BCUT2D eigenvalue weighted by molar-refractivity contribution is -0.116. The second-order valence-corrected chi connectivity index (χ2v) is 5.96. The summed E-state index contributed by atoms with van der Waals surface area (Å²) in [5.74, 6) is 0.519. The Balaban J connectivity index is 1.79. The van der Waals surface area contributed by atoms with Gasteiger partial charge in [0.25, 0.3) is 0 Å². The molecule has 1 amide bonds. The smallest absolute Gasteiger partial charge is 0.225 e. The van der Waals surface area contributed by atoms with Gasteiger partial charge in [-0.3, -0.25) is 4.79 Å². The summed E-state index contributed by atoms with van der Waals surface area (Å²) in [5.41, 5.74) is 6.21. The number of carbonyl (C=O) groups excluding carboxylic acids is 1. The molecule has 6 heteroatoms. The average Bonchev–Trinajstić information content (AvgIpc) is 2.89. The Kier molecular flexibility index (Phi) is 5.66. The van der Waals surface area contributed by atoms with Crippen LogP contribution in [0.4, 0.5) is 5.69 Å². The molecule has 1 saturated heterocycles. The van der Waals surface area contributed by atoms with Gasteiger partial charge in [-0.25, -0.2) is 0 Å². The first-order chi connectivity index (χ1) is 9.58. The molecule has 3 N–H and O–H groups in total. The van der Waals surface area contributed by atoms with Crippen molar-refractivity contribution >= 4 is 34.8 Å². The molecule has 1 aliphatic heterocycles. The highest BCUT2D eigenvalue weighted by Gasteiger charge is 2.21. The van der Waals surface area contributed by atoms with E-state index in [2.05, 4.69) is 10.2 Å². The van der Waals surface area contributed by atoms with Gasteiger partial charge in [0.2, 0.25) is 5.91 Å². The molecule has 1 aromatic carbocycles. The van der Waals surface area contributed by atoms with Crippen molar-refractivity contribution in [2.24, 2.45) is 11.7 Å². The molecule has 110 valence electrons. The maximum absolute atomic E-state index is 11.9. The van der Waals surface area contributed by atoms with E-state index in [9.17, 15) is 4.79 Å². The zero-order chi connectivity index (χ0) is 14.5. The molecule has 0 aliphatic carbocycles. The van der Waals surface area contributed by atoms with Gasteiger partial charge in [0.1, 0.15) is 0 Å². The summed E-state index contributed by atoms with van der Waals surface area (Å²) in [6, 6.07) is 5.02. The van der Waals surface area contributed by atoms with Crippen molar-refractivity contribution in [2.45, 2.75) is 12.8 Å². The van der Waals surface area contributed by atoms with Crippen LogP contribution < -0.4 is 11.1 Å². The lowest BCUT2D eigenvalue weighted by atomic mass is 10.1. The standard InChI is InChI=1S/C14H19Cl2N3O/c15-11-1-2-12(16)13(7-11)18-14(20)4-6-19-5-3-10(8-17)9-19/h1-2,7,10H,3-6,8-9,17H2,(H,18,20). The quantitative estimate of drug-likeness (QED) is 0.878. The van der Waals surface area contributed by atoms with Gasteiger partial charge in [0.05, 0.1) is 10.7 Å². The van der Waals surface area contributed by atoms with Crippen molar-refractivity contribution in [1.29, 1.82) is 0 Å². The molecule has 0 saturated carbocycles. The molecule has 0 radical (unpaired) electrons. The zero-order valence-electron chi connectivity index (χ0n) is 11.2. The number of carbonyl (C=O) groups is 1. The second kappa shape index (κ2) is 7.27. The normalized spacial score (nSPS) is 19.2. The number of nitrogens with one attached hydrogen (secondary N) is 1. The zero-order valence-corrected chi connectivity index (χ0v) is 12.8. The van der Waals surface area contributed by atoms with E-state index in [0.717, 1.165) is 32.6 Å². The topological polar surface area (TPSA) is 58.4 Å². The second-order valence-electron chi connectivity index (χ2n) is 5.11. The molecule has 1 unspecified atom stereocenters. The maximum atomic E-state index is 11.9. The number of likely N-dealkylation sites (tertiary alicyclic amines) is 1. The first-order valence-corrected chi connectivity index (χ1v) is 7.51. The molecular formula is C14H19Cl2N3O. The lowest BCUT2D eigenvalue weighted by Gasteiger charge is -2.15. The number of benzene rings is 1. The van der Waals surface area contributed by atoms with Crippen LogP contribution in [-0.4, -0.2) is 37.0 Å². The summed E-state index contributed by atoms with van der Waals surface area (Å²) < 4.78 is 0. The summed E-state index contributed by atoms with van der Waals surface area (Å²) in [4.78, 5) is 14.2. The Labute approximate surface area is 129 Å². The van der Waals surface area contributed by atoms with E-state index in [-0.39, 0.29) is 5.91 Å². The van der Waals surface area contributed by atoms with E-state index in [4.69, 9.17) is 28.9 Å². The van der Waals surface area contributed by atoms with E-state index >= 15 is 0 Å². The Bertz CT molecular complexity index is 481. The van der Waals surface area contributed by atoms with Crippen molar-refractivity contribution in [3.8, 4) is 0 Å². The number of amides is 1. The summed E-state index contributed by atoms with van der Waals surface area (Å²) in [6.07, 6.45) is 1.57. The van der Waals surface area contributed by atoms with Crippen molar-refractivity contribution < 1.29 is 4.79 Å². The van der Waals surface area contributed by atoms with Crippen LogP contribution in [0.5, 0.6) is 0 Å². The van der Waals surface area contributed by atoms with Crippen molar-refractivity contribution in [3.63, 3.8) is 0 Å². The molecule has 0 spiro atoms. The van der Waals surface area contributed by atoms with Crippen LogP contribution in [0.1, 0.15) is 12.8 Å². The fourth-order valence-corrected chi connectivity index (χ4v) is 2.71. The van der Waals surface area contributed by atoms with Crippen LogP contribution in [0.15, 0.2) is 18.2 Å². The van der Waals surface area contributed by atoms with E-state index in [1.165, 1.54) is 0 Å². The Hall–Kier alpha value is -0.810. The van der Waals surface area contributed by atoms with Crippen LogP contribution >= 0.6 is 23.2 Å². The number of nitrogens with two attached hydrogens (primary N) is 1. The molecule has 1 atom stereocenters. The van der Waals surface area contributed by atoms with Crippen molar-refractivity contribution in [3.05, 3.63) is 28.2 Å². The third-order valence-corrected chi connectivity index (χ3v) is 4.13. The molecule has 1 fully saturated rings. The number of nitrogens with zero attached hydrogens (tertiary/aromatic N) is 1. The third kappa shape index (κ3) is 4.35. The third-order valence-electron chi connectivity index (χ3n) is 3.56. The predicted octanol–water partition coefficient (Wildman–Crippen LogP) is 2.60. The minimum absolute atomic E-state index is 0.0506. The lowest BCUT2D eigenvalue weighted by Crippen LogP contribution is -2.27. The maximum Gasteiger partial charge on any atom is 0.225 e. The Morgan fingerprint density at radius 2 is 2.25 bits per heavy atom. The number of hydrogen-bond donors (Lipinski definition) is 2. The number of hydrogen-bond acceptors (Lipinski definition) is 3. The highest BCUT2D eigenvalue weighted by atomic mass is 35.5. The largest absolute Gasteiger partial charge is 0.330 e. The predicted molar refractivity (Wildman–Crippen MR) is 83.3 cm³/mol. The number of halogens is 2. The summed E-state index contributed by atoms with van der Waals surface area (Å²) >= 11 is 11.9. The van der Waals surface area contributed by atoms with Crippen LogP contribution in [0.2, 0.25) is 10.0 Å². The van der Waals surface area contributed by atoms with E-state index in [0.29, 0.717) is 28.1 Å². The molecule has 1 aromatic rings. The van der Waals surface area contributed by atoms with E-state index < -0.39 is 0 Å². The van der Waals surface area contributed by atoms with Gasteiger partial charge >= 0.3 is 0 Å². The van der Waals surface area contributed by atoms with Crippen molar-refractivity contribution in [2.75, 3.05) is 31.5 Å². The first kappa shape index (κ1) is 15.6. The number of anilines is 1. The van der Waals surface area contributed by atoms with Crippen LogP contribution in [0.3, 0.4) is 0 Å². The molecule has 1 heterocycles. The highest BCUT2D eigenvalue weighted by Crippen LogP contribution is 2.25. The van der Waals surface area contributed by atoms with Crippen LogP contribution in [-0.2, 0) is 4.79 Å². The van der Waals surface area contributed by atoms with E-state index in [1.54, 1.807) is 18.2 Å².